The molecule has 1 aliphatic carbocycles. The molecule has 108 valence electrons. The number of carbonyl (C=O) groups is 2. The lowest BCUT2D eigenvalue weighted by Crippen LogP contribution is -2.37. The van der Waals surface area contributed by atoms with E-state index in [1.807, 2.05) is 0 Å². The molecular weight excluding hydrogens is 261 g/mol. The Balaban J connectivity index is 2.19. The van der Waals surface area contributed by atoms with Crippen molar-refractivity contribution < 1.29 is 18.7 Å². The highest BCUT2D eigenvalue weighted by Gasteiger charge is 2.44. The first kappa shape index (κ1) is 14.5. The maximum absolute atomic E-state index is 13.0. The third-order valence-electron chi connectivity index (χ3n) is 3.86. The van der Waals surface area contributed by atoms with Crippen LogP contribution in [0.3, 0.4) is 0 Å². The van der Waals surface area contributed by atoms with Crippen molar-refractivity contribution in [1.82, 2.24) is 5.32 Å². The summed E-state index contributed by atoms with van der Waals surface area (Å²) in [7, 11) is 1.49. The van der Waals surface area contributed by atoms with Crippen molar-refractivity contribution in [2.75, 3.05) is 13.7 Å². The summed E-state index contributed by atoms with van der Waals surface area (Å²) in [5.41, 5.74) is 0.0279. The molecule has 1 amide bonds. The maximum Gasteiger partial charge on any atom is 0.317 e. The van der Waals surface area contributed by atoms with E-state index in [0.29, 0.717) is 12.8 Å². The number of hydrogen-bond acceptors (Lipinski definition) is 3. The summed E-state index contributed by atoms with van der Waals surface area (Å²) < 4.78 is 18.2. The lowest BCUT2D eigenvalue weighted by atomic mass is 9.79. The molecule has 0 aromatic heterocycles. The van der Waals surface area contributed by atoms with E-state index in [0.717, 1.165) is 18.4 Å². The van der Waals surface area contributed by atoms with Crippen LogP contribution in [-0.2, 0) is 19.7 Å². The van der Waals surface area contributed by atoms with Crippen LogP contribution in [0.25, 0.3) is 0 Å². The molecule has 0 aliphatic heterocycles. The highest BCUT2D eigenvalue weighted by molar-refractivity contribution is 5.86. The first-order chi connectivity index (χ1) is 9.58. The van der Waals surface area contributed by atoms with Crippen LogP contribution in [0.1, 0.15) is 31.2 Å². The molecule has 0 bridgehead atoms. The Labute approximate surface area is 117 Å². The second-order valence-electron chi connectivity index (χ2n) is 5.05. The molecule has 0 spiro atoms. The standard InChI is InChI=1S/C15H18FNO3/c1-17-13(18)10-20-14(19)15(8-2-3-9-15)11-4-6-12(16)7-5-11/h4-7H,2-3,8-10H2,1H3,(H,17,18). The zero-order valence-electron chi connectivity index (χ0n) is 11.4. The van der Waals surface area contributed by atoms with E-state index in [-0.39, 0.29) is 18.3 Å². The molecule has 0 heterocycles. The highest BCUT2D eigenvalue weighted by Crippen LogP contribution is 2.42. The summed E-state index contributed by atoms with van der Waals surface area (Å²) in [4.78, 5) is 23.6. The number of likely N-dealkylation sites (N-methyl/N-ethyl adjacent to an activating group) is 1. The Bertz CT molecular complexity index is 492. The molecule has 1 N–H and O–H groups in total. The summed E-state index contributed by atoms with van der Waals surface area (Å²) in [6, 6.07) is 5.95. The maximum atomic E-state index is 13.0. The molecule has 1 fully saturated rings. The predicted molar refractivity (Wildman–Crippen MR) is 71.6 cm³/mol. The van der Waals surface area contributed by atoms with Gasteiger partial charge in [-0.1, -0.05) is 25.0 Å². The number of ether oxygens (including phenoxy) is 1. The van der Waals surface area contributed by atoms with E-state index in [1.54, 1.807) is 12.1 Å². The number of esters is 1. The largest absolute Gasteiger partial charge is 0.455 e. The minimum atomic E-state index is -0.734. The Kier molecular flexibility index (Phi) is 4.37. The fourth-order valence-corrected chi connectivity index (χ4v) is 2.70. The number of benzene rings is 1. The third-order valence-corrected chi connectivity index (χ3v) is 3.86. The monoisotopic (exact) mass is 279 g/mol. The molecule has 1 saturated carbocycles. The second kappa shape index (κ2) is 6.03. The van der Waals surface area contributed by atoms with Gasteiger partial charge in [-0.25, -0.2) is 4.39 Å². The quantitative estimate of drug-likeness (QED) is 0.857. The molecule has 1 aliphatic rings. The van der Waals surface area contributed by atoms with Crippen LogP contribution in [0, 0.1) is 5.82 Å². The van der Waals surface area contributed by atoms with E-state index in [9.17, 15) is 14.0 Å². The molecule has 4 nitrogen and oxygen atoms in total. The van der Waals surface area contributed by atoms with Gasteiger partial charge in [0.05, 0.1) is 5.41 Å². The van der Waals surface area contributed by atoms with Crippen LogP contribution in [0.4, 0.5) is 4.39 Å². The van der Waals surface area contributed by atoms with Gasteiger partial charge in [0.15, 0.2) is 6.61 Å². The fraction of sp³-hybridized carbons (Fsp3) is 0.467. The third kappa shape index (κ3) is 2.81. The van der Waals surface area contributed by atoms with Crippen LogP contribution in [0.15, 0.2) is 24.3 Å². The Morgan fingerprint density at radius 3 is 2.40 bits per heavy atom. The fourth-order valence-electron chi connectivity index (χ4n) is 2.70. The molecule has 0 unspecified atom stereocenters. The van der Waals surface area contributed by atoms with Gasteiger partial charge < -0.3 is 10.1 Å². The Morgan fingerprint density at radius 1 is 1.25 bits per heavy atom. The van der Waals surface area contributed by atoms with Crippen LogP contribution in [-0.4, -0.2) is 25.5 Å². The van der Waals surface area contributed by atoms with Gasteiger partial charge in [0, 0.05) is 7.05 Å². The van der Waals surface area contributed by atoms with Gasteiger partial charge in [0.25, 0.3) is 5.91 Å². The minimum Gasteiger partial charge on any atom is -0.455 e. The smallest absolute Gasteiger partial charge is 0.317 e. The van der Waals surface area contributed by atoms with E-state index in [2.05, 4.69) is 5.32 Å². The predicted octanol–water partition coefficient (Wildman–Crippen LogP) is 1.93. The van der Waals surface area contributed by atoms with Gasteiger partial charge in [0.1, 0.15) is 5.82 Å². The number of hydrogen-bond donors (Lipinski definition) is 1. The Hall–Kier alpha value is -1.91. The molecule has 0 radical (unpaired) electrons. The van der Waals surface area contributed by atoms with Crippen molar-refractivity contribution in [3.8, 4) is 0 Å². The van der Waals surface area contributed by atoms with Crippen LogP contribution < -0.4 is 5.32 Å². The van der Waals surface area contributed by atoms with Gasteiger partial charge in [-0.15, -0.1) is 0 Å². The molecule has 1 aromatic carbocycles. The first-order valence-corrected chi connectivity index (χ1v) is 6.72. The van der Waals surface area contributed by atoms with Crippen LogP contribution >= 0.6 is 0 Å². The summed E-state index contributed by atoms with van der Waals surface area (Å²) >= 11 is 0. The van der Waals surface area contributed by atoms with Crippen molar-refractivity contribution >= 4 is 11.9 Å². The first-order valence-electron chi connectivity index (χ1n) is 6.72. The van der Waals surface area contributed by atoms with Gasteiger partial charge in [-0.2, -0.15) is 0 Å². The number of carbonyl (C=O) groups excluding carboxylic acids is 2. The molecular formula is C15H18FNO3. The summed E-state index contributed by atoms with van der Waals surface area (Å²) in [5, 5.41) is 2.40. The van der Waals surface area contributed by atoms with Crippen LogP contribution in [0.5, 0.6) is 0 Å². The lowest BCUT2D eigenvalue weighted by Gasteiger charge is -2.27. The summed E-state index contributed by atoms with van der Waals surface area (Å²) in [6.45, 7) is -0.279. The molecule has 1 aromatic rings. The van der Waals surface area contributed by atoms with Crippen molar-refractivity contribution in [1.29, 1.82) is 0 Å². The van der Waals surface area contributed by atoms with Crippen molar-refractivity contribution in [3.05, 3.63) is 35.6 Å². The molecule has 0 saturated heterocycles. The number of halogens is 1. The zero-order chi connectivity index (χ0) is 14.6. The van der Waals surface area contributed by atoms with Gasteiger partial charge in [-0.05, 0) is 30.5 Å². The van der Waals surface area contributed by atoms with Crippen molar-refractivity contribution in [2.24, 2.45) is 0 Å². The second-order valence-corrected chi connectivity index (χ2v) is 5.05. The number of rotatable bonds is 4. The van der Waals surface area contributed by atoms with Gasteiger partial charge in [0.2, 0.25) is 0 Å². The SMILES string of the molecule is CNC(=O)COC(=O)C1(c2ccc(F)cc2)CCCC1. The number of amides is 1. The topological polar surface area (TPSA) is 55.4 Å². The zero-order valence-corrected chi connectivity index (χ0v) is 11.4. The van der Waals surface area contributed by atoms with Gasteiger partial charge >= 0.3 is 5.97 Å². The van der Waals surface area contributed by atoms with Crippen molar-refractivity contribution in [3.63, 3.8) is 0 Å². The number of nitrogens with one attached hydrogen (secondary N) is 1. The van der Waals surface area contributed by atoms with Crippen molar-refractivity contribution in [2.45, 2.75) is 31.1 Å². The molecule has 5 heteroatoms. The molecule has 0 atom stereocenters. The van der Waals surface area contributed by atoms with Crippen LogP contribution in [0.2, 0.25) is 0 Å². The Morgan fingerprint density at radius 2 is 1.85 bits per heavy atom. The molecule has 20 heavy (non-hydrogen) atoms. The van der Waals surface area contributed by atoms with E-state index in [1.165, 1.54) is 19.2 Å². The summed E-state index contributed by atoms with van der Waals surface area (Å²) in [5.74, 6) is -1.07. The normalized spacial score (nSPS) is 16.7. The summed E-state index contributed by atoms with van der Waals surface area (Å²) in [6.07, 6.45) is 3.19. The van der Waals surface area contributed by atoms with Gasteiger partial charge in [-0.3, -0.25) is 9.59 Å². The average molecular weight is 279 g/mol. The highest BCUT2D eigenvalue weighted by atomic mass is 19.1. The lowest BCUT2D eigenvalue weighted by molar-refractivity contribution is -0.154. The van der Waals surface area contributed by atoms with E-state index >= 15 is 0 Å². The van der Waals surface area contributed by atoms with E-state index in [4.69, 9.17) is 4.74 Å². The molecule has 2 rings (SSSR count). The minimum absolute atomic E-state index is 0.279. The average Bonchev–Trinajstić information content (AvgIpc) is 2.95. The van der Waals surface area contributed by atoms with E-state index < -0.39 is 11.4 Å².